The first-order chi connectivity index (χ1) is 36.9. The smallest absolute Gasteiger partial charge is 0.275 e. The van der Waals surface area contributed by atoms with Crippen molar-refractivity contribution in [2.45, 2.75) is 37.4 Å². The van der Waals surface area contributed by atoms with Crippen molar-refractivity contribution in [2.75, 3.05) is 70.2 Å². The SMILES string of the molecule is Brc1ccc(Br)nc1.CNC1CCN(c2ccc(-n3cnc4cc(-c5ccc(Cl)cc5)sc4c3=O)cn2)C1.CNC1CCN(c2ccc(Br)cn2)C1.CNC1CCNC1.O=c1[nH]cnc2cc(-c3ccc(Cl)cc3)sc12. The van der Waals surface area contributed by atoms with Crippen molar-refractivity contribution in [3.05, 3.63) is 173 Å². The maximum absolute atomic E-state index is 13.1. The minimum Gasteiger partial charge on any atom is -0.355 e. The molecule has 0 bridgehead atoms. The second kappa shape index (κ2) is 28.1. The number of aromatic amines is 1. The lowest BCUT2D eigenvalue weighted by atomic mass is 10.2. The number of hydrogen-bond acceptors (Lipinski definition) is 15. The number of H-pyrrole nitrogens is 1. The zero-order chi connectivity index (χ0) is 53.6. The Kier molecular flexibility index (Phi) is 21.1. The van der Waals surface area contributed by atoms with E-state index in [0.717, 1.165) is 96.8 Å². The summed E-state index contributed by atoms with van der Waals surface area (Å²) in [5.74, 6) is 2.01. The number of hydrogen-bond donors (Lipinski definition) is 5. The molecule has 9 aromatic rings. The molecule has 0 amide bonds. The van der Waals surface area contributed by atoms with Crippen molar-refractivity contribution in [2.24, 2.45) is 0 Å². The molecule has 76 heavy (non-hydrogen) atoms. The highest BCUT2D eigenvalue weighted by Gasteiger charge is 2.23. The largest absolute Gasteiger partial charge is 0.355 e. The van der Waals surface area contributed by atoms with Gasteiger partial charge in [0, 0.05) is 92.0 Å². The molecule has 0 saturated carbocycles. The van der Waals surface area contributed by atoms with Gasteiger partial charge in [0.1, 0.15) is 32.0 Å². The van der Waals surface area contributed by atoms with Crippen molar-refractivity contribution in [3.63, 3.8) is 0 Å². The summed E-state index contributed by atoms with van der Waals surface area (Å²) < 4.78 is 5.73. The summed E-state index contributed by atoms with van der Waals surface area (Å²) in [6, 6.07) is 32.6. The molecule has 0 spiro atoms. The van der Waals surface area contributed by atoms with Gasteiger partial charge in [0.25, 0.3) is 11.1 Å². The molecule has 3 unspecified atom stereocenters. The number of halogens is 5. The molecule has 3 fully saturated rings. The van der Waals surface area contributed by atoms with Crippen LogP contribution in [0.25, 0.3) is 47.0 Å². The Morgan fingerprint density at radius 1 is 0.605 bits per heavy atom. The van der Waals surface area contributed by atoms with Crippen molar-refractivity contribution in [3.8, 4) is 26.6 Å². The number of anilines is 2. The predicted octanol–water partition coefficient (Wildman–Crippen LogP) is 11.1. The van der Waals surface area contributed by atoms with E-state index in [-0.39, 0.29) is 11.1 Å². The molecule has 0 radical (unpaired) electrons. The van der Waals surface area contributed by atoms with E-state index in [4.69, 9.17) is 23.2 Å². The molecule has 12 rings (SSSR count). The van der Waals surface area contributed by atoms with E-state index in [9.17, 15) is 9.59 Å². The molecular weight excluding hydrogens is 1240 g/mol. The van der Waals surface area contributed by atoms with Crippen LogP contribution in [0.15, 0.2) is 151 Å². The summed E-state index contributed by atoms with van der Waals surface area (Å²) in [5, 5.41) is 14.5. The molecule has 15 nitrogen and oxygen atoms in total. The van der Waals surface area contributed by atoms with Gasteiger partial charge in [-0.2, -0.15) is 0 Å². The Balaban J connectivity index is 0.000000140. The highest BCUT2D eigenvalue weighted by molar-refractivity contribution is 9.11. The number of nitrogens with zero attached hydrogens (tertiary/aromatic N) is 8. The summed E-state index contributed by atoms with van der Waals surface area (Å²) in [5.41, 5.74) is 4.01. The molecule has 10 heterocycles. The van der Waals surface area contributed by atoms with Gasteiger partial charge in [-0.25, -0.2) is 24.9 Å². The van der Waals surface area contributed by atoms with Crippen LogP contribution in [0.3, 0.4) is 0 Å². The van der Waals surface area contributed by atoms with Gasteiger partial charge >= 0.3 is 0 Å². The second-order valence-corrected chi connectivity index (χ2v) is 23.4. The third-order valence-electron chi connectivity index (χ3n) is 12.7. The predicted molar refractivity (Wildman–Crippen MR) is 325 cm³/mol. The van der Waals surface area contributed by atoms with Gasteiger partial charge in [-0.05, 0) is 179 Å². The van der Waals surface area contributed by atoms with Gasteiger partial charge in [0.15, 0.2) is 0 Å². The van der Waals surface area contributed by atoms with Crippen LogP contribution < -0.4 is 42.2 Å². The Labute approximate surface area is 484 Å². The summed E-state index contributed by atoms with van der Waals surface area (Å²) >= 11 is 24.6. The first kappa shape index (κ1) is 57.2. The lowest BCUT2D eigenvalue weighted by Gasteiger charge is -2.17. The van der Waals surface area contributed by atoms with Gasteiger partial charge in [-0.15, -0.1) is 22.7 Å². The number of aromatic nitrogens is 7. The van der Waals surface area contributed by atoms with Gasteiger partial charge in [-0.1, -0.05) is 47.5 Å². The van der Waals surface area contributed by atoms with Gasteiger partial charge < -0.3 is 36.1 Å². The maximum atomic E-state index is 13.1. The molecule has 5 N–H and O–H groups in total. The molecule has 3 saturated heterocycles. The van der Waals surface area contributed by atoms with E-state index >= 15 is 0 Å². The molecule has 22 heteroatoms. The molecule has 3 aliphatic rings. The van der Waals surface area contributed by atoms with E-state index < -0.39 is 0 Å². The van der Waals surface area contributed by atoms with Crippen molar-refractivity contribution in [1.29, 1.82) is 0 Å². The van der Waals surface area contributed by atoms with Crippen molar-refractivity contribution < 1.29 is 0 Å². The number of fused-ring (bicyclic) bond motifs is 2. The lowest BCUT2D eigenvalue weighted by Crippen LogP contribution is -2.29. The summed E-state index contributed by atoms with van der Waals surface area (Å²) in [7, 11) is 6.02. The van der Waals surface area contributed by atoms with Crippen LogP contribution in [0.2, 0.25) is 10.0 Å². The molecular formula is C54H56Br3Cl2N13O2S2. The Hall–Kier alpha value is -4.97. The average Bonchev–Trinajstić information content (AvgIpc) is 4.33. The second-order valence-electron chi connectivity index (χ2n) is 17.7. The summed E-state index contributed by atoms with van der Waals surface area (Å²) in [4.78, 5) is 55.4. The Morgan fingerprint density at radius 3 is 1.59 bits per heavy atom. The van der Waals surface area contributed by atoms with Crippen molar-refractivity contribution in [1.82, 2.24) is 55.7 Å². The number of likely N-dealkylation sites (N-methyl/N-ethyl adjacent to an activating group) is 3. The molecule has 396 valence electrons. The van der Waals surface area contributed by atoms with Crippen LogP contribution >= 0.6 is 93.7 Å². The number of thiophene rings is 2. The monoisotopic (exact) mass is 1290 g/mol. The van der Waals surface area contributed by atoms with E-state index in [0.29, 0.717) is 42.7 Å². The van der Waals surface area contributed by atoms with Crippen LogP contribution in [0.4, 0.5) is 11.6 Å². The maximum Gasteiger partial charge on any atom is 0.275 e. The van der Waals surface area contributed by atoms with E-state index in [1.165, 1.54) is 48.4 Å². The zero-order valence-electron chi connectivity index (χ0n) is 41.8. The number of nitrogens with one attached hydrogen (secondary N) is 5. The average molecular weight is 1290 g/mol. The minimum atomic E-state index is -0.0970. The number of rotatable bonds is 8. The van der Waals surface area contributed by atoms with E-state index in [1.54, 1.807) is 23.3 Å². The third kappa shape index (κ3) is 15.6. The quantitative estimate of drug-likeness (QED) is 0.0911. The topological polar surface area (TPSA) is 174 Å². The summed E-state index contributed by atoms with van der Waals surface area (Å²) in [6.07, 6.45) is 11.9. The van der Waals surface area contributed by atoms with E-state index in [2.05, 4.69) is 115 Å². The normalized spacial score (nSPS) is 16.8. The standard InChI is InChI=1S/C22H20ClN5OS.C12H7ClN2OS.C10H14BrN3.C5H3Br2N.C5H12N2/c1-24-16-8-9-27(12-16)20-7-6-17(11-25-20)28-13-26-18-10-19(30-21(18)22(28)29)14-2-4-15(23)5-3-14;13-8-3-1-7(2-4-8)10-5-9-11(17-10)12(16)15-6-14-9;1-12-9-4-5-14(7-9)10-3-2-8(11)6-13-10;6-4-1-2-5(7)8-3-4;1-6-5-2-3-7-4-5/h2-7,10-11,13,16,24H,8-9,12H2,1H3;1-6H,(H,14,15,16);2-3,6,9,12H,4-5,7H2,1H3;1-3H;5-7H,2-4H2,1H3. The molecule has 7 aromatic heterocycles. The fourth-order valence-corrected chi connectivity index (χ4v) is 11.4. The number of benzene rings is 2. The van der Waals surface area contributed by atoms with Gasteiger partial charge in [-0.3, -0.25) is 14.2 Å². The van der Waals surface area contributed by atoms with Crippen LogP contribution in [-0.4, -0.2) is 113 Å². The number of pyridine rings is 3. The molecule has 2 aromatic carbocycles. The van der Waals surface area contributed by atoms with Crippen molar-refractivity contribution >= 4 is 126 Å². The van der Waals surface area contributed by atoms with E-state index in [1.807, 2.05) is 118 Å². The Morgan fingerprint density at radius 2 is 1.14 bits per heavy atom. The Bertz CT molecular complexity index is 3360. The first-order valence-electron chi connectivity index (χ1n) is 24.5. The summed E-state index contributed by atoms with van der Waals surface area (Å²) in [6.45, 7) is 6.42. The lowest BCUT2D eigenvalue weighted by molar-refractivity contribution is 0.611. The van der Waals surface area contributed by atoms with Crippen LogP contribution in [-0.2, 0) is 0 Å². The fourth-order valence-electron chi connectivity index (χ4n) is 8.40. The third-order valence-corrected chi connectivity index (χ3v) is 17.0. The highest BCUT2D eigenvalue weighted by atomic mass is 79.9. The van der Waals surface area contributed by atoms with Crippen LogP contribution in [0.5, 0.6) is 0 Å². The van der Waals surface area contributed by atoms with Crippen LogP contribution in [0, 0.1) is 0 Å². The van der Waals surface area contributed by atoms with Gasteiger partial charge in [0.05, 0.1) is 29.2 Å². The molecule has 3 aliphatic heterocycles. The molecule has 0 aliphatic carbocycles. The molecule has 3 atom stereocenters. The van der Waals surface area contributed by atoms with Gasteiger partial charge in [0.2, 0.25) is 0 Å². The fraction of sp³-hybridized carbons (Fsp3) is 0.278. The first-order valence-corrected chi connectivity index (χ1v) is 29.2. The highest BCUT2D eigenvalue weighted by Crippen LogP contribution is 2.33. The minimum absolute atomic E-state index is 0.0869. The zero-order valence-corrected chi connectivity index (χ0v) is 49.7. The van der Waals surface area contributed by atoms with Crippen LogP contribution in [0.1, 0.15) is 19.3 Å².